The van der Waals surface area contributed by atoms with E-state index >= 15 is 0 Å². The zero-order valence-corrected chi connectivity index (χ0v) is 69.5. The van der Waals surface area contributed by atoms with Gasteiger partial charge in [0.05, 0.1) is 58.1 Å². The van der Waals surface area contributed by atoms with E-state index in [0.717, 1.165) is 135 Å². The van der Waals surface area contributed by atoms with E-state index in [9.17, 15) is 54.3 Å². The summed E-state index contributed by atoms with van der Waals surface area (Å²) >= 11 is 9.45. The Balaban J connectivity index is 0.588. The summed E-state index contributed by atoms with van der Waals surface area (Å²) in [5, 5.41) is 21.0. The third kappa shape index (κ3) is 22.2. The quantitative estimate of drug-likeness (QED) is 0.0274. The van der Waals surface area contributed by atoms with Crippen molar-refractivity contribution in [3.8, 4) is 10.4 Å². The number of nitrogens with one attached hydrogen (secondary N) is 4. The molecule has 0 bridgehead atoms. The van der Waals surface area contributed by atoms with E-state index in [1.54, 1.807) is 23.5 Å². The number of aromatic nitrogens is 1. The van der Waals surface area contributed by atoms with Crippen molar-refractivity contribution in [1.82, 2.24) is 49.7 Å². The fourth-order valence-corrected chi connectivity index (χ4v) is 20.5. The average Bonchev–Trinajstić information content (AvgIpc) is 1.26. The first kappa shape index (κ1) is 85.4. The predicted molar refractivity (Wildman–Crippen MR) is 439 cm³/mol. The number of aliphatic hydroxyl groups excluding tert-OH is 1. The second-order valence-corrected chi connectivity index (χ2v) is 38.5. The molecular weight excluding hydrogens is 1550 g/mol. The van der Waals surface area contributed by atoms with Gasteiger partial charge in [0.1, 0.15) is 10.9 Å². The fourth-order valence-electron chi connectivity index (χ4n) is 16.6. The topological polar surface area (TPSA) is 250 Å². The van der Waals surface area contributed by atoms with Crippen molar-refractivity contribution in [2.24, 2.45) is 16.7 Å². The lowest BCUT2D eigenvalue weighted by Gasteiger charge is -2.44. The second kappa shape index (κ2) is 37.5. The molecule has 0 radical (unpaired) electrons. The lowest BCUT2D eigenvalue weighted by Crippen LogP contribution is -2.57. The van der Waals surface area contributed by atoms with E-state index in [1.165, 1.54) is 45.5 Å². The lowest BCUT2D eigenvalue weighted by molar-refractivity contribution is -0.142. The molecule has 5 aliphatic heterocycles. The van der Waals surface area contributed by atoms with Gasteiger partial charge in [-0.1, -0.05) is 99.5 Å². The van der Waals surface area contributed by atoms with E-state index in [1.807, 2.05) is 116 Å². The Morgan fingerprint density at radius 3 is 2.12 bits per heavy atom. The molecule has 4 amide bonds. The van der Waals surface area contributed by atoms with Gasteiger partial charge < -0.3 is 45.4 Å². The monoisotopic (exact) mass is 1650 g/mol. The van der Waals surface area contributed by atoms with Crippen molar-refractivity contribution < 1.29 is 59.0 Å². The van der Waals surface area contributed by atoms with Crippen LogP contribution in [0.2, 0.25) is 5.02 Å². The molecule has 5 aromatic carbocycles. The van der Waals surface area contributed by atoms with Crippen LogP contribution in [-0.2, 0) is 39.0 Å². The number of nitrogens with zero attached hydrogens (tertiary/aromatic N) is 8. The molecule has 6 aliphatic rings. The molecule has 5 saturated heterocycles. The van der Waals surface area contributed by atoms with Crippen LogP contribution in [0.3, 0.4) is 0 Å². The number of alkyl halides is 3. The van der Waals surface area contributed by atoms with Crippen LogP contribution in [-0.4, -0.2) is 246 Å². The number of ether oxygens (including phenoxy) is 1. The fraction of sp³-hybridized carbons (Fsp3) is 0.530. The number of benzene rings is 5. The highest BCUT2D eigenvalue weighted by molar-refractivity contribution is 7.99. The van der Waals surface area contributed by atoms with Crippen molar-refractivity contribution in [3.63, 3.8) is 0 Å². The number of piperidine rings is 1. The number of morpholine rings is 1. The highest BCUT2D eigenvalue weighted by Crippen LogP contribution is 2.45. The summed E-state index contributed by atoms with van der Waals surface area (Å²) < 4.78 is 105. The average molecular weight is 1650 g/mol. The molecule has 6 atom stereocenters. The zero-order chi connectivity index (χ0) is 80.4. The minimum absolute atomic E-state index is 0.0246. The summed E-state index contributed by atoms with van der Waals surface area (Å²) in [5.74, 6) is -0.685. The van der Waals surface area contributed by atoms with Gasteiger partial charge in [-0.3, -0.25) is 33.9 Å². The number of hydrogen-bond acceptors (Lipinski definition) is 20. The van der Waals surface area contributed by atoms with Crippen LogP contribution in [0.4, 0.5) is 24.5 Å². The first-order valence-corrected chi connectivity index (χ1v) is 44.6. The smallest absolute Gasteiger partial charge is 0.391 e. The minimum atomic E-state index is -6.10. The number of allylic oxidation sites excluding steroid dienone is 1. The van der Waals surface area contributed by atoms with Crippen LogP contribution >= 0.6 is 34.7 Å². The molecule has 1 aromatic heterocycles. The lowest BCUT2D eigenvalue weighted by atomic mass is 9.71. The first-order valence-electron chi connectivity index (χ1n) is 39.4. The van der Waals surface area contributed by atoms with Crippen LogP contribution < -0.4 is 25.6 Å². The van der Waals surface area contributed by atoms with E-state index in [-0.39, 0.29) is 54.1 Å². The van der Waals surface area contributed by atoms with Crippen LogP contribution in [0.15, 0.2) is 147 Å². The third-order valence-electron chi connectivity index (χ3n) is 23.1. The molecular formula is C83H108ClF3N12O10S4. The van der Waals surface area contributed by atoms with Crippen molar-refractivity contribution in [2.75, 3.05) is 147 Å². The molecule has 6 heterocycles. The maximum atomic E-state index is 14.4. The molecule has 5 N–H and O–H groups in total. The van der Waals surface area contributed by atoms with E-state index in [4.69, 9.17) is 16.3 Å². The highest BCUT2D eigenvalue weighted by atomic mass is 35.5. The van der Waals surface area contributed by atoms with Gasteiger partial charge >= 0.3 is 5.51 Å². The van der Waals surface area contributed by atoms with Gasteiger partial charge in [-0.2, -0.15) is 13.2 Å². The number of thioether (sulfide) groups is 1. The van der Waals surface area contributed by atoms with Crippen LogP contribution in [0, 0.1) is 23.7 Å². The Bertz CT molecular complexity index is 4510. The van der Waals surface area contributed by atoms with Crippen molar-refractivity contribution in [3.05, 3.63) is 160 Å². The Morgan fingerprint density at radius 1 is 0.796 bits per heavy atom. The van der Waals surface area contributed by atoms with Gasteiger partial charge in [0.25, 0.3) is 25.8 Å². The molecule has 113 heavy (non-hydrogen) atoms. The summed E-state index contributed by atoms with van der Waals surface area (Å²) in [6.07, 6.45) is 5.12. The molecule has 0 saturated carbocycles. The van der Waals surface area contributed by atoms with Gasteiger partial charge in [-0.05, 0) is 171 Å². The molecule has 0 spiro atoms. The Labute approximate surface area is 676 Å². The van der Waals surface area contributed by atoms with Gasteiger partial charge in [-0.25, -0.2) is 26.5 Å². The van der Waals surface area contributed by atoms with Gasteiger partial charge in [0.2, 0.25) is 17.7 Å². The number of anilines is 2. The number of halogens is 4. The van der Waals surface area contributed by atoms with Gasteiger partial charge in [0, 0.05) is 151 Å². The van der Waals surface area contributed by atoms with E-state index < -0.39 is 76.4 Å². The standard InChI is InChI=1S/C83H108ClF3N12O10S4/c1-57(60-12-14-62(15-13-60)76-58(2)89-56-111-76)90-79(103)73-48-68(100)53-99(73)80(104)77(81(3,4)5)88-32-27-75(101)98-42-38-94(39-43-98)51-59-28-33-96(34-29-59)55-82(6)31-26-71(61-16-20-65(84)21-17-61)64(50-82)52-95-36-40-97(41-37-95)67-22-18-63(19-23-67)78(102)92-113(107,108)70-24-25-72(74(49-70)112(105,106)83(85,86)87)91-66(30-35-93-44-46-109-47-45-93)54-110-69-10-8-7-9-11-69/h7-25,49,56-57,59,66,68,73,77,88,91,100H,26-48,50-55H2,1-6H3,(H,90,103)(H,92,102)/t57-,66+,68+,73-,77+,82?/m0/s1. The molecule has 5 fully saturated rings. The normalized spacial score (nSPS) is 21.3. The van der Waals surface area contributed by atoms with Crippen LogP contribution in [0.5, 0.6) is 0 Å². The number of sulfone groups is 1. The number of carbonyl (C=O) groups excluding carboxylic acids is 4. The number of thiazole rings is 1. The van der Waals surface area contributed by atoms with Crippen molar-refractivity contribution in [1.29, 1.82) is 0 Å². The molecule has 30 heteroatoms. The number of aliphatic hydroxyl groups is 1. The maximum Gasteiger partial charge on any atom is 0.501 e. The van der Waals surface area contributed by atoms with E-state index in [2.05, 4.69) is 64.5 Å². The first-order chi connectivity index (χ1) is 53.8. The maximum absolute atomic E-state index is 14.4. The number of amides is 4. The summed E-state index contributed by atoms with van der Waals surface area (Å²) in [5.41, 5.74) is 2.86. The predicted octanol–water partition coefficient (Wildman–Crippen LogP) is 11.3. The molecule has 1 aliphatic carbocycles. The molecule has 22 nitrogen and oxygen atoms in total. The SMILES string of the molecule is Cc1ncsc1-c1ccc([C@H](C)NC(=O)[C@@H]2C[C@@H](O)CN2C(=O)[C@@H](NCCC(=O)N2CCN(CC3CCN(CC4(C)CCC(c5ccc(Cl)cc5)=C(CN5CCN(c6ccc(C(=O)NS(=O)(=O)c7ccc(N[C@H](CCN8CCOCC8)CSc8ccccc8)c(S(=O)(=O)C(F)(F)F)c7)cc6)CC5)C4)CC3)CC2)C(C)(C)C)cc1. The number of carbonyl (C=O) groups is 4. The number of β-amino-alcohol motifs (C(OH)–C–C–N with tert-alkyl or cyclic N) is 1. The Morgan fingerprint density at radius 2 is 1.47 bits per heavy atom. The number of aryl methyl sites for hydroxylation is 1. The summed E-state index contributed by atoms with van der Waals surface area (Å²) in [6, 6.07) is 32.0. The Kier molecular flexibility index (Phi) is 28.3. The summed E-state index contributed by atoms with van der Waals surface area (Å²) in [4.78, 5) is 75.5. The number of piperazine rings is 2. The molecule has 1 unspecified atom stereocenters. The van der Waals surface area contributed by atoms with Gasteiger partial charge in [-0.15, -0.1) is 23.1 Å². The number of sulfonamides is 1. The summed E-state index contributed by atoms with van der Waals surface area (Å²) in [7, 11) is -11.0. The summed E-state index contributed by atoms with van der Waals surface area (Å²) in [6.45, 7) is 26.1. The Hall–Kier alpha value is -7.00. The van der Waals surface area contributed by atoms with Gasteiger partial charge in [0.15, 0.2) is 0 Å². The second-order valence-electron chi connectivity index (χ2n) is 32.6. The minimum Gasteiger partial charge on any atom is -0.391 e. The zero-order valence-electron chi connectivity index (χ0n) is 65.4. The third-order valence-corrected chi connectivity index (χ3v) is 28.3. The number of hydrogen-bond donors (Lipinski definition) is 5. The molecule has 6 aromatic rings. The van der Waals surface area contributed by atoms with Crippen molar-refractivity contribution >= 4 is 95.1 Å². The largest absolute Gasteiger partial charge is 0.501 e. The molecule has 612 valence electrons. The van der Waals surface area contributed by atoms with Crippen LogP contribution in [0.25, 0.3) is 16.0 Å². The molecule has 12 rings (SSSR count). The van der Waals surface area contributed by atoms with E-state index in [0.29, 0.717) is 94.8 Å². The number of likely N-dealkylation sites (tertiary alicyclic amines) is 2. The number of rotatable bonds is 29. The van der Waals surface area contributed by atoms with Crippen molar-refractivity contribution in [2.45, 2.75) is 143 Å². The highest BCUT2D eigenvalue weighted by Gasteiger charge is 2.49. The van der Waals surface area contributed by atoms with Crippen LogP contribution in [0.1, 0.15) is 119 Å².